The van der Waals surface area contributed by atoms with Crippen molar-refractivity contribution in [2.24, 2.45) is 0 Å². The second-order valence-electron chi connectivity index (χ2n) is 9.01. The van der Waals surface area contributed by atoms with Gasteiger partial charge in [0.05, 0.1) is 12.2 Å². The zero-order valence-corrected chi connectivity index (χ0v) is 19.5. The van der Waals surface area contributed by atoms with Gasteiger partial charge in [0.2, 0.25) is 0 Å². The maximum Gasteiger partial charge on any atom is 0.421 e. The standard InChI is InChI=1S/C23H23Cl2F3O4/c1-13-7-14(5-6-18(13)19(29)32-20(2,3)4)21(30)11-22(31-12-21,23(26,27)28)15-8-16(24)10-17(25)9-15/h5-10,30H,11-12H2,1-4H3. The van der Waals surface area contributed by atoms with Gasteiger partial charge >= 0.3 is 12.1 Å². The molecule has 9 heteroatoms. The van der Waals surface area contributed by atoms with Gasteiger partial charge in [-0.15, -0.1) is 0 Å². The largest absolute Gasteiger partial charge is 0.456 e. The van der Waals surface area contributed by atoms with E-state index in [-0.39, 0.29) is 26.7 Å². The number of ether oxygens (including phenoxy) is 2. The average molecular weight is 491 g/mol. The van der Waals surface area contributed by atoms with Crippen molar-refractivity contribution in [2.75, 3.05) is 6.61 Å². The Balaban J connectivity index is 1.99. The van der Waals surface area contributed by atoms with Crippen molar-refractivity contribution < 1.29 is 32.5 Å². The first-order valence-electron chi connectivity index (χ1n) is 9.80. The van der Waals surface area contributed by atoms with Crippen LogP contribution in [0.3, 0.4) is 0 Å². The minimum Gasteiger partial charge on any atom is -0.456 e. The highest BCUT2D eigenvalue weighted by molar-refractivity contribution is 6.34. The third-order valence-electron chi connectivity index (χ3n) is 5.27. The fourth-order valence-electron chi connectivity index (χ4n) is 3.78. The molecule has 3 rings (SSSR count). The van der Waals surface area contributed by atoms with Gasteiger partial charge in [-0.3, -0.25) is 0 Å². The molecule has 2 atom stereocenters. The second kappa shape index (κ2) is 8.20. The zero-order valence-electron chi connectivity index (χ0n) is 17.9. The highest BCUT2D eigenvalue weighted by Crippen LogP contribution is 2.55. The first-order valence-corrected chi connectivity index (χ1v) is 10.6. The molecule has 0 aliphatic carbocycles. The van der Waals surface area contributed by atoms with E-state index in [4.69, 9.17) is 32.7 Å². The molecule has 174 valence electrons. The third kappa shape index (κ3) is 4.76. The van der Waals surface area contributed by atoms with E-state index < -0.39 is 42.0 Å². The highest BCUT2D eigenvalue weighted by atomic mass is 35.5. The minimum absolute atomic E-state index is 0.0210. The monoisotopic (exact) mass is 490 g/mol. The summed E-state index contributed by atoms with van der Waals surface area (Å²) in [6.07, 6.45) is -5.65. The molecule has 1 fully saturated rings. The summed E-state index contributed by atoms with van der Waals surface area (Å²) in [4.78, 5) is 12.4. The normalized spacial score (nSPS) is 23.9. The van der Waals surface area contributed by atoms with E-state index in [1.165, 1.54) is 24.3 Å². The zero-order chi connectivity index (χ0) is 24.1. The maximum absolute atomic E-state index is 14.2. The number of hydrogen-bond donors (Lipinski definition) is 1. The number of hydrogen-bond acceptors (Lipinski definition) is 4. The molecule has 1 N–H and O–H groups in total. The number of carbonyl (C=O) groups is 1. The van der Waals surface area contributed by atoms with Crippen LogP contribution in [0, 0.1) is 6.92 Å². The van der Waals surface area contributed by atoms with Gasteiger partial charge in [0.1, 0.15) is 11.2 Å². The maximum atomic E-state index is 14.2. The minimum atomic E-state index is -4.85. The van der Waals surface area contributed by atoms with Crippen molar-refractivity contribution in [2.45, 2.75) is 57.1 Å². The Kier molecular flexibility index (Phi) is 6.37. The highest BCUT2D eigenvalue weighted by Gasteiger charge is 2.65. The molecule has 0 aromatic heterocycles. The van der Waals surface area contributed by atoms with Crippen LogP contribution in [0.2, 0.25) is 10.0 Å². The molecule has 1 aliphatic rings. The molecule has 1 aliphatic heterocycles. The van der Waals surface area contributed by atoms with Crippen LogP contribution in [0.4, 0.5) is 13.2 Å². The number of benzene rings is 2. The fourth-order valence-corrected chi connectivity index (χ4v) is 4.30. The Bertz CT molecular complexity index is 1030. The Morgan fingerprint density at radius 2 is 1.66 bits per heavy atom. The van der Waals surface area contributed by atoms with Gasteiger partial charge in [-0.2, -0.15) is 13.2 Å². The Morgan fingerprint density at radius 3 is 2.16 bits per heavy atom. The number of esters is 1. The summed E-state index contributed by atoms with van der Waals surface area (Å²) in [7, 11) is 0. The number of aliphatic hydroxyl groups is 1. The molecule has 0 amide bonds. The molecule has 4 nitrogen and oxygen atoms in total. The number of rotatable bonds is 3. The number of aryl methyl sites for hydroxylation is 1. The van der Waals surface area contributed by atoms with Crippen molar-refractivity contribution in [3.63, 3.8) is 0 Å². The average Bonchev–Trinajstić information content (AvgIpc) is 3.00. The van der Waals surface area contributed by atoms with Crippen LogP contribution in [0.25, 0.3) is 0 Å². The molecule has 1 saturated heterocycles. The lowest BCUT2D eigenvalue weighted by Crippen LogP contribution is -2.43. The van der Waals surface area contributed by atoms with E-state index in [0.717, 1.165) is 12.1 Å². The van der Waals surface area contributed by atoms with E-state index in [0.29, 0.717) is 5.56 Å². The number of alkyl halides is 3. The van der Waals surface area contributed by atoms with Crippen LogP contribution >= 0.6 is 23.2 Å². The lowest BCUT2D eigenvalue weighted by molar-refractivity contribution is -0.269. The molecule has 2 unspecified atom stereocenters. The molecule has 32 heavy (non-hydrogen) atoms. The predicted molar refractivity (Wildman–Crippen MR) is 115 cm³/mol. The van der Waals surface area contributed by atoms with E-state index in [2.05, 4.69) is 0 Å². The van der Waals surface area contributed by atoms with Gasteiger partial charge in [0.15, 0.2) is 5.60 Å². The van der Waals surface area contributed by atoms with Gasteiger partial charge in [0, 0.05) is 16.5 Å². The number of halogens is 5. The lowest BCUT2D eigenvalue weighted by Gasteiger charge is -2.32. The van der Waals surface area contributed by atoms with Crippen molar-refractivity contribution >= 4 is 29.2 Å². The van der Waals surface area contributed by atoms with Crippen LogP contribution in [0.1, 0.15) is 54.2 Å². The van der Waals surface area contributed by atoms with Gasteiger partial charge < -0.3 is 14.6 Å². The second-order valence-corrected chi connectivity index (χ2v) is 9.88. The summed E-state index contributed by atoms with van der Waals surface area (Å²) in [5, 5.41) is 11.2. The smallest absolute Gasteiger partial charge is 0.421 e. The van der Waals surface area contributed by atoms with E-state index in [9.17, 15) is 23.1 Å². The molecule has 2 aromatic carbocycles. The summed E-state index contributed by atoms with van der Waals surface area (Å²) >= 11 is 11.9. The van der Waals surface area contributed by atoms with Gasteiger partial charge in [-0.25, -0.2) is 4.79 Å². The van der Waals surface area contributed by atoms with Gasteiger partial charge in [-0.05, 0) is 68.7 Å². The van der Waals surface area contributed by atoms with Crippen LogP contribution in [0.15, 0.2) is 36.4 Å². The summed E-state index contributed by atoms with van der Waals surface area (Å²) in [5.41, 5.74) is -4.84. The molecule has 0 bridgehead atoms. The first-order chi connectivity index (χ1) is 14.6. The van der Waals surface area contributed by atoms with Crippen molar-refractivity contribution in [1.29, 1.82) is 0 Å². The Morgan fingerprint density at radius 1 is 1.06 bits per heavy atom. The molecule has 0 saturated carbocycles. The van der Waals surface area contributed by atoms with Gasteiger partial charge in [-0.1, -0.05) is 35.3 Å². The fraction of sp³-hybridized carbons (Fsp3) is 0.435. The SMILES string of the molecule is Cc1cc(C2(O)COC(c3cc(Cl)cc(Cl)c3)(C(F)(F)F)C2)ccc1C(=O)OC(C)(C)C. The molecule has 0 radical (unpaired) electrons. The Labute approximate surface area is 194 Å². The summed E-state index contributed by atoms with van der Waals surface area (Å²) in [6.45, 7) is 6.20. The Hall–Kier alpha value is -1.80. The number of carbonyl (C=O) groups excluding carboxylic acids is 1. The molecular formula is C23H23Cl2F3O4. The van der Waals surface area contributed by atoms with E-state index >= 15 is 0 Å². The molecule has 1 heterocycles. The molecular weight excluding hydrogens is 468 g/mol. The van der Waals surface area contributed by atoms with E-state index in [1.54, 1.807) is 27.7 Å². The van der Waals surface area contributed by atoms with Crippen LogP contribution in [-0.4, -0.2) is 29.5 Å². The molecule has 0 spiro atoms. The first kappa shape index (κ1) is 24.8. The van der Waals surface area contributed by atoms with Crippen LogP contribution < -0.4 is 0 Å². The summed E-state index contributed by atoms with van der Waals surface area (Å²) in [6, 6.07) is 7.89. The molecule has 2 aromatic rings. The lowest BCUT2D eigenvalue weighted by atomic mass is 9.80. The van der Waals surface area contributed by atoms with Crippen LogP contribution in [0.5, 0.6) is 0 Å². The van der Waals surface area contributed by atoms with Gasteiger partial charge in [0.25, 0.3) is 0 Å². The van der Waals surface area contributed by atoms with Crippen molar-refractivity contribution in [1.82, 2.24) is 0 Å². The predicted octanol–water partition coefficient (Wildman–Crippen LogP) is 6.32. The summed E-state index contributed by atoms with van der Waals surface area (Å²) < 4.78 is 53.4. The van der Waals surface area contributed by atoms with Crippen molar-refractivity contribution in [3.8, 4) is 0 Å². The van der Waals surface area contributed by atoms with Crippen LogP contribution in [-0.2, 0) is 20.7 Å². The summed E-state index contributed by atoms with van der Waals surface area (Å²) in [5.74, 6) is -0.561. The van der Waals surface area contributed by atoms with Crippen molar-refractivity contribution in [3.05, 3.63) is 68.7 Å². The topological polar surface area (TPSA) is 55.8 Å². The third-order valence-corrected chi connectivity index (χ3v) is 5.70. The van der Waals surface area contributed by atoms with E-state index in [1.807, 2.05) is 0 Å². The quantitative estimate of drug-likeness (QED) is 0.511.